The lowest BCUT2D eigenvalue weighted by molar-refractivity contribution is 0.102. The Bertz CT molecular complexity index is 1390. The Kier molecular flexibility index (Phi) is 6.84. The first-order valence-corrected chi connectivity index (χ1v) is 13.1. The summed E-state index contributed by atoms with van der Waals surface area (Å²) < 4.78 is 26.3. The highest BCUT2D eigenvalue weighted by Gasteiger charge is 2.18. The van der Waals surface area contributed by atoms with E-state index in [-0.39, 0.29) is 22.8 Å². The molecule has 0 aliphatic carbocycles. The van der Waals surface area contributed by atoms with Crippen LogP contribution in [0.2, 0.25) is 0 Å². The molecule has 2 aromatic carbocycles. The lowest BCUT2D eigenvalue weighted by Crippen LogP contribution is -2.18. The highest BCUT2D eigenvalue weighted by molar-refractivity contribution is 7.91. The molecule has 0 aliphatic rings. The van der Waals surface area contributed by atoms with E-state index in [0.717, 1.165) is 22.2 Å². The Hall–Kier alpha value is -3.45. The van der Waals surface area contributed by atoms with E-state index in [0.29, 0.717) is 17.8 Å². The summed E-state index contributed by atoms with van der Waals surface area (Å²) in [7, 11) is -3.03. The van der Waals surface area contributed by atoms with Crippen molar-refractivity contribution in [2.24, 2.45) is 0 Å². The monoisotopic (exact) mass is 475 g/mol. The minimum atomic E-state index is -3.03. The molecular formula is C27H29N3O3S. The van der Waals surface area contributed by atoms with Gasteiger partial charge in [-0.25, -0.2) is 8.42 Å². The quantitative estimate of drug-likeness (QED) is 0.360. The third-order valence-electron chi connectivity index (χ3n) is 6.14. The van der Waals surface area contributed by atoms with Crippen LogP contribution in [0.4, 0.5) is 5.69 Å². The molecule has 34 heavy (non-hydrogen) atoms. The first-order valence-electron chi connectivity index (χ1n) is 11.4. The number of hydrogen-bond acceptors (Lipinski definition) is 4. The maximum atomic E-state index is 12.4. The molecule has 4 aromatic rings. The minimum absolute atomic E-state index is 0.161. The summed E-state index contributed by atoms with van der Waals surface area (Å²) in [6.07, 6.45) is 4.21. The van der Waals surface area contributed by atoms with Crippen molar-refractivity contribution in [2.45, 2.75) is 38.4 Å². The molecule has 0 unspecified atom stereocenters. The fourth-order valence-corrected chi connectivity index (χ4v) is 5.00. The van der Waals surface area contributed by atoms with Crippen molar-refractivity contribution in [2.75, 3.05) is 11.1 Å². The second kappa shape index (κ2) is 9.81. The Morgan fingerprint density at radius 1 is 1.00 bits per heavy atom. The van der Waals surface area contributed by atoms with Gasteiger partial charge in [-0.05, 0) is 80.3 Å². The molecule has 0 spiro atoms. The van der Waals surface area contributed by atoms with Crippen LogP contribution in [0.3, 0.4) is 0 Å². The summed E-state index contributed by atoms with van der Waals surface area (Å²) in [4.78, 5) is 16.5. The molecule has 1 atom stereocenters. The molecule has 0 aliphatic heterocycles. The number of hydrogen-bond donors (Lipinski definition) is 1. The maximum Gasteiger partial charge on any atom is 0.274 e. The van der Waals surface area contributed by atoms with Crippen molar-refractivity contribution in [3.8, 4) is 5.69 Å². The molecule has 0 radical (unpaired) electrons. The first kappa shape index (κ1) is 23.7. The number of rotatable bonds is 8. The number of pyridine rings is 1. The van der Waals surface area contributed by atoms with Gasteiger partial charge in [-0.1, -0.05) is 25.1 Å². The van der Waals surface area contributed by atoms with E-state index in [1.54, 1.807) is 38.2 Å². The number of fused-ring (bicyclic) bond motifs is 1. The first-order chi connectivity index (χ1) is 16.2. The van der Waals surface area contributed by atoms with Gasteiger partial charge in [0.15, 0.2) is 9.84 Å². The molecule has 0 bridgehead atoms. The number of benzene rings is 2. The third kappa shape index (κ3) is 5.20. The summed E-state index contributed by atoms with van der Waals surface area (Å²) in [5.74, 6) is 0.120. The molecular weight excluding hydrogens is 446 g/mol. The Labute approximate surface area is 200 Å². The van der Waals surface area contributed by atoms with Crippen LogP contribution in [0.15, 0.2) is 79.1 Å². The van der Waals surface area contributed by atoms with E-state index in [2.05, 4.69) is 46.1 Å². The number of carbonyl (C=O) groups is 1. The van der Waals surface area contributed by atoms with E-state index in [1.165, 1.54) is 0 Å². The number of carbonyl (C=O) groups excluding carboxylic acids is 1. The topological polar surface area (TPSA) is 81.1 Å². The van der Waals surface area contributed by atoms with Gasteiger partial charge in [-0.15, -0.1) is 0 Å². The predicted molar refractivity (Wildman–Crippen MR) is 137 cm³/mol. The maximum absolute atomic E-state index is 12.4. The molecule has 2 aromatic heterocycles. The molecule has 1 amide bonds. The number of amides is 1. The molecule has 7 heteroatoms. The fourth-order valence-electron chi connectivity index (χ4n) is 3.84. The average molecular weight is 476 g/mol. The molecule has 0 saturated carbocycles. The van der Waals surface area contributed by atoms with Gasteiger partial charge in [-0.2, -0.15) is 0 Å². The zero-order valence-corrected chi connectivity index (χ0v) is 20.4. The van der Waals surface area contributed by atoms with Crippen molar-refractivity contribution in [3.05, 3.63) is 90.4 Å². The lowest BCUT2D eigenvalue weighted by Gasteiger charge is -2.15. The number of nitrogens with zero attached hydrogens (tertiary/aromatic N) is 2. The fraction of sp³-hybridized carbons (Fsp3) is 0.259. The summed E-state index contributed by atoms with van der Waals surface area (Å²) in [5, 5.41) is 3.56. The summed E-state index contributed by atoms with van der Waals surface area (Å²) in [6.45, 7) is 5.53. The van der Waals surface area contributed by atoms with Gasteiger partial charge >= 0.3 is 0 Å². The van der Waals surface area contributed by atoms with Crippen LogP contribution >= 0.6 is 0 Å². The van der Waals surface area contributed by atoms with E-state index >= 15 is 0 Å². The Morgan fingerprint density at radius 2 is 1.76 bits per heavy atom. The van der Waals surface area contributed by atoms with Crippen molar-refractivity contribution in [1.29, 1.82) is 0 Å². The molecule has 1 N–H and O–H groups in total. The molecule has 2 heterocycles. The normalized spacial score (nSPS) is 12.7. The Balaban J connectivity index is 1.48. The van der Waals surface area contributed by atoms with Gasteiger partial charge in [0.1, 0.15) is 5.69 Å². The minimum Gasteiger partial charge on any atom is -0.321 e. The molecule has 6 nitrogen and oxygen atoms in total. The SMILES string of the molecule is CC(C)S(=O)(=O)CC[C@H](C)c1ccc(-n2ccc3cc(NC(=O)c4ccccn4)ccc32)cc1. The molecule has 4 rings (SSSR count). The highest BCUT2D eigenvalue weighted by atomic mass is 32.2. The van der Waals surface area contributed by atoms with Crippen molar-refractivity contribution < 1.29 is 13.2 Å². The Morgan fingerprint density at radius 3 is 2.44 bits per heavy atom. The molecule has 0 fully saturated rings. The second-order valence-electron chi connectivity index (χ2n) is 8.83. The van der Waals surface area contributed by atoms with Crippen LogP contribution in [0, 0.1) is 0 Å². The number of anilines is 1. The highest BCUT2D eigenvalue weighted by Crippen LogP contribution is 2.26. The molecule has 0 saturated heterocycles. The second-order valence-corrected chi connectivity index (χ2v) is 11.5. The lowest BCUT2D eigenvalue weighted by atomic mass is 9.98. The summed E-state index contributed by atoms with van der Waals surface area (Å²) >= 11 is 0. The number of nitrogens with one attached hydrogen (secondary N) is 1. The van der Waals surface area contributed by atoms with Gasteiger partial charge in [-0.3, -0.25) is 9.78 Å². The number of aromatic nitrogens is 2. The summed E-state index contributed by atoms with van der Waals surface area (Å²) in [6, 6.07) is 21.3. The van der Waals surface area contributed by atoms with Gasteiger partial charge < -0.3 is 9.88 Å². The third-order valence-corrected chi connectivity index (χ3v) is 8.38. The summed E-state index contributed by atoms with van der Waals surface area (Å²) in [5.41, 5.74) is 4.25. The van der Waals surface area contributed by atoms with E-state index < -0.39 is 9.84 Å². The van der Waals surface area contributed by atoms with Crippen molar-refractivity contribution >= 4 is 32.3 Å². The van der Waals surface area contributed by atoms with Crippen LogP contribution in [0.25, 0.3) is 16.6 Å². The van der Waals surface area contributed by atoms with Crippen LogP contribution in [-0.4, -0.2) is 34.9 Å². The number of sulfone groups is 1. The van der Waals surface area contributed by atoms with Gasteiger partial charge in [0.2, 0.25) is 0 Å². The molecule has 176 valence electrons. The average Bonchev–Trinajstić information content (AvgIpc) is 3.26. The van der Waals surface area contributed by atoms with Crippen molar-refractivity contribution in [1.82, 2.24) is 9.55 Å². The van der Waals surface area contributed by atoms with Crippen LogP contribution in [0.1, 0.15) is 49.2 Å². The predicted octanol–water partition coefficient (Wildman–Crippen LogP) is 5.59. The van der Waals surface area contributed by atoms with E-state index in [4.69, 9.17) is 0 Å². The standard InChI is InChI=1S/C27H29N3O3S/c1-19(2)34(32,33)17-14-20(3)21-7-10-24(11-8-21)30-16-13-22-18-23(9-12-26(22)30)29-27(31)25-6-4-5-15-28-25/h4-13,15-16,18-20H,14,17H2,1-3H3,(H,29,31)/t20-/m0/s1. The smallest absolute Gasteiger partial charge is 0.274 e. The van der Waals surface area contributed by atoms with E-state index in [9.17, 15) is 13.2 Å². The van der Waals surface area contributed by atoms with Crippen LogP contribution < -0.4 is 5.32 Å². The van der Waals surface area contributed by atoms with E-state index in [1.807, 2.05) is 30.5 Å². The van der Waals surface area contributed by atoms with Gasteiger partial charge in [0.05, 0.1) is 16.5 Å². The zero-order valence-electron chi connectivity index (χ0n) is 19.6. The van der Waals surface area contributed by atoms with Crippen LogP contribution in [0.5, 0.6) is 0 Å². The van der Waals surface area contributed by atoms with Gasteiger partial charge in [0, 0.05) is 29.2 Å². The zero-order chi connectivity index (χ0) is 24.3. The van der Waals surface area contributed by atoms with Gasteiger partial charge in [0.25, 0.3) is 5.91 Å². The van der Waals surface area contributed by atoms with Crippen LogP contribution in [-0.2, 0) is 9.84 Å². The largest absolute Gasteiger partial charge is 0.321 e. The van der Waals surface area contributed by atoms with Crippen molar-refractivity contribution in [3.63, 3.8) is 0 Å².